The van der Waals surface area contributed by atoms with Crippen molar-refractivity contribution >= 4 is 5.91 Å². The van der Waals surface area contributed by atoms with Gasteiger partial charge < -0.3 is 15.2 Å². The van der Waals surface area contributed by atoms with Crippen LogP contribution in [0.25, 0.3) is 0 Å². The quantitative estimate of drug-likeness (QED) is 0.851. The summed E-state index contributed by atoms with van der Waals surface area (Å²) in [5.74, 6) is -0.688. The summed E-state index contributed by atoms with van der Waals surface area (Å²) < 4.78 is 40.0. The van der Waals surface area contributed by atoms with Crippen LogP contribution in [0.15, 0.2) is 54.6 Å². The Morgan fingerprint density at radius 1 is 1.08 bits per heavy atom. The SMILES string of the molecule is O=C(Cc1ccc(OC(F)(F)F)cc1)NC(CO)c1ccccc1. The zero-order valence-electron chi connectivity index (χ0n) is 12.6. The van der Waals surface area contributed by atoms with E-state index in [9.17, 15) is 23.1 Å². The van der Waals surface area contributed by atoms with Crippen LogP contribution in [-0.2, 0) is 11.2 Å². The molecule has 0 bridgehead atoms. The van der Waals surface area contributed by atoms with Gasteiger partial charge in [0.2, 0.25) is 5.91 Å². The molecule has 0 heterocycles. The Morgan fingerprint density at radius 3 is 2.25 bits per heavy atom. The molecule has 2 aromatic carbocycles. The number of aliphatic hydroxyl groups excluding tert-OH is 1. The first-order valence-corrected chi connectivity index (χ1v) is 7.17. The average Bonchev–Trinajstić information content (AvgIpc) is 2.54. The molecule has 0 saturated heterocycles. The lowest BCUT2D eigenvalue weighted by atomic mass is 10.1. The fourth-order valence-electron chi connectivity index (χ4n) is 2.16. The third-order valence-corrected chi connectivity index (χ3v) is 3.24. The predicted molar refractivity (Wildman–Crippen MR) is 81.2 cm³/mol. The van der Waals surface area contributed by atoms with Crippen molar-refractivity contribution < 1.29 is 27.8 Å². The van der Waals surface area contributed by atoms with Crippen molar-refractivity contribution in [3.8, 4) is 5.75 Å². The molecule has 0 aliphatic heterocycles. The Morgan fingerprint density at radius 2 is 1.71 bits per heavy atom. The monoisotopic (exact) mass is 339 g/mol. The maximum atomic E-state index is 12.1. The number of hydrogen-bond donors (Lipinski definition) is 2. The van der Waals surface area contributed by atoms with E-state index < -0.39 is 12.4 Å². The molecule has 0 aliphatic carbocycles. The van der Waals surface area contributed by atoms with Crippen LogP contribution in [0.4, 0.5) is 13.2 Å². The highest BCUT2D eigenvalue weighted by Gasteiger charge is 2.30. The van der Waals surface area contributed by atoms with Crippen LogP contribution >= 0.6 is 0 Å². The molecule has 4 nitrogen and oxygen atoms in total. The summed E-state index contributed by atoms with van der Waals surface area (Å²) in [4.78, 5) is 12.0. The van der Waals surface area contributed by atoms with E-state index in [-0.39, 0.29) is 24.7 Å². The summed E-state index contributed by atoms with van der Waals surface area (Å²) in [7, 11) is 0. The number of amides is 1. The van der Waals surface area contributed by atoms with Gasteiger partial charge in [-0.3, -0.25) is 4.79 Å². The van der Waals surface area contributed by atoms with Crippen LogP contribution in [-0.4, -0.2) is 24.0 Å². The highest BCUT2D eigenvalue weighted by atomic mass is 19.4. The number of carbonyl (C=O) groups excluding carboxylic acids is 1. The van der Waals surface area contributed by atoms with Gasteiger partial charge in [0, 0.05) is 0 Å². The third kappa shape index (κ3) is 5.58. The van der Waals surface area contributed by atoms with Crippen molar-refractivity contribution in [2.75, 3.05) is 6.61 Å². The van der Waals surface area contributed by atoms with Gasteiger partial charge in [0.15, 0.2) is 0 Å². The number of alkyl halides is 3. The Kier molecular flexibility index (Phi) is 5.81. The Balaban J connectivity index is 1.94. The van der Waals surface area contributed by atoms with E-state index in [2.05, 4.69) is 10.1 Å². The maximum absolute atomic E-state index is 12.1. The van der Waals surface area contributed by atoms with Gasteiger partial charge in [0.05, 0.1) is 19.1 Å². The first kappa shape index (κ1) is 17.8. The van der Waals surface area contributed by atoms with Gasteiger partial charge in [-0.25, -0.2) is 0 Å². The Bertz CT molecular complexity index is 657. The lowest BCUT2D eigenvalue weighted by molar-refractivity contribution is -0.274. The standard InChI is InChI=1S/C17H16F3NO3/c18-17(19,20)24-14-8-6-12(7-9-14)10-16(23)21-15(11-22)13-4-2-1-3-5-13/h1-9,15,22H,10-11H2,(H,21,23). The second-order valence-corrected chi connectivity index (χ2v) is 5.08. The largest absolute Gasteiger partial charge is 0.573 e. The van der Waals surface area contributed by atoms with Gasteiger partial charge in [0.25, 0.3) is 0 Å². The molecule has 1 amide bonds. The molecule has 1 atom stereocenters. The van der Waals surface area contributed by atoms with E-state index >= 15 is 0 Å². The molecular formula is C17H16F3NO3. The number of halogens is 3. The summed E-state index contributed by atoms with van der Waals surface area (Å²) >= 11 is 0. The third-order valence-electron chi connectivity index (χ3n) is 3.24. The van der Waals surface area contributed by atoms with Gasteiger partial charge in [-0.05, 0) is 23.3 Å². The van der Waals surface area contributed by atoms with Gasteiger partial charge in [-0.15, -0.1) is 13.2 Å². The molecular weight excluding hydrogens is 323 g/mol. The van der Waals surface area contributed by atoms with Gasteiger partial charge in [0.1, 0.15) is 5.75 Å². The molecule has 0 spiro atoms. The minimum absolute atomic E-state index is 0.0182. The van der Waals surface area contributed by atoms with E-state index in [0.29, 0.717) is 5.56 Å². The highest BCUT2D eigenvalue weighted by molar-refractivity contribution is 5.79. The lowest BCUT2D eigenvalue weighted by Gasteiger charge is -2.17. The van der Waals surface area contributed by atoms with Crippen LogP contribution in [0.5, 0.6) is 5.75 Å². The van der Waals surface area contributed by atoms with E-state index in [4.69, 9.17) is 0 Å². The lowest BCUT2D eigenvalue weighted by Crippen LogP contribution is -2.31. The van der Waals surface area contributed by atoms with Crippen LogP contribution in [0.1, 0.15) is 17.2 Å². The summed E-state index contributed by atoms with van der Waals surface area (Å²) in [6.45, 7) is -0.256. The van der Waals surface area contributed by atoms with Gasteiger partial charge in [-0.1, -0.05) is 42.5 Å². The number of carbonyl (C=O) groups is 1. The topological polar surface area (TPSA) is 58.6 Å². The minimum atomic E-state index is -4.75. The molecule has 0 aliphatic rings. The molecule has 0 radical (unpaired) electrons. The van der Waals surface area contributed by atoms with Crippen LogP contribution in [0.3, 0.4) is 0 Å². The molecule has 1 unspecified atom stereocenters. The van der Waals surface area contributed by atoms with Crippen molar-refractivity contribution in [2.45, 2.75) is 18.8 Å². The fraction of sp³-hybridized carbons (Fsp3) is 0.235. The van der Waals surface area contributed by atoms with Crippen LogP contribution in [0, 0.1) is 0 Å². The molecule has 0 saturated carbocycles. The van der Waals surface area contributed by atoms with Crippen molar-refractivity contribution in [1.82, 2.24) is 5.32 Å². The van der Waals surface area contributed by atoms with Crippen molar-refractivity contribution in [3.05, 3.63) is 65.7 Å². The molecule has 2 aromatic rings. The number of ether oxygens (including phenoxy) is 1. The predicted octanol–water partition coefficient (Wildman–Crippen LogP) is 2.98. The summed E-state index contributed by atoms with van der Waals surface area (Å²) in [6.07, 6.45) is -4.77. The van der Waals surface area contributed by atoms with Gasteiger partial charge >= 0.3 is 6.36 Å². The highest BCUT2D eigenvalue weighted by Crippen LogP contribution is 2.23. The van der Waals surface area contributed by atoms with Crippen LogP contribution < -0.4 is 10.1 Å². The van der Waals surface area contributed by atoms with Crippen molar-refractivity contribution in [2.24, 2.45) is 0 Å². The normalized spacial score (nSPS) is 12.5. The van der Waals surface area contributed by atoms with Gasteiger partial charge in [-0.2, -0.15) is 0 Å². The van der Waals surface area contributed by atoms with E-state index in [0.717, 1.165) is 17.7 Å². The Hall–Kier alpha value is -2.54. The van der Waals surface area contributed by atoms with Crippen molar-refractivity contribution in [3.63, 3.8) is 0 Å². The summed E-state index contributed by atoms with van der Waals surface area (Å²) in [5.41, 5.74) is 1.30. The summed E-state index contributed by atoms with van der Waals surface area (Å²) in [6, 6.07) is 13.5. The molecule has 2 rings (SSSR count). The number of hydrogen-bond acceptors (Lipinski definition) is 3. The second-order valence-electron chi connectivity index (χ2n) is 5.08. The first-order valence-electron chi connectivity index (χ1n) is 7.17. The van der Waals surface area contributed by atoms with E-state index in [1.165, 1.54) is 12.1 Å². The molecule has 24 heavy (non-hydrogen) atoms. The number of benzene rings is 2. The number of nitrogens with one attached hydrogen (secondary N) is 1. The van der Waals surface area contributed by atoms with E-state index in [1.54, 1.807) is 24.3 Å². The van der Waals surface area contributed by atoms with Crippen molar-refractivity contribution in [1.29, 1.82) is 0 Å². The molecule has 0 fully saturated rings. The zero-order chi connectivity index (χ0) is 17.6. The smallest absolute Gasteiger partial charge is 0.406 e. The molecule has 128 valence electrons. The number of aliphatic hydroxyl groups is 1. The first-order chi connectivity index (χ1) is 11.4. The second kappa shape index (κ2) is 7.83. The maximum Gasteiger partial charge on any atom is 0.573 e. The molecule has 0 aromatic heterocycles. The Labute approximate surface area is 136 Å². The average molecular weight is 339 g/mol. The fourth-order valence-corrected chi connectivity index (χ4v) is 2.16. The summed E-state index contributed by atoms with van der Waals surface area (Å²) in [5, 5.41) is 12.1. The molecule has 7 heteroatoms. The zero-order valence-corrected chi connectivity index (χ0v) is 12.6. The van der Waals surface area contributed by atoms with E-state index in [1.807, 2.05) is 6.07 Å². The van der Waals surface area contributed by atoms with Crippen LogP contribution in [0.2, 0.25) is 0 Å². The minimum Gasteiger partial charge on any atom is -0.406 e. The molecule has 2 N–H and O–H groups in total. The number of rotatable bonds is 6.